The average Bonchev–Trinajstić information content (AvgIpc) is 2.33. The van der Waals surface area contributed by atoms with Crippen molar-refractivity contribution in [2.45, 2.75) is 6.42 Å². The van der Waals surface area contributed by atoms with Gasteiger partial charge in [-0.3, -0.25) is 9.78 Å². The van der Waals surface area contributed by atoms with E-state index in [1.165, 1.54) is 12.1 Å². The molecule has 0 spiro atoms. The third-order valence-corrected chi connectivity index (χ3v) is 2.67. The van der Waals surface area contributed by atoms with Crippen molar-refractivity contribution in [2.75, 3.05) is 0 Å². The molecule has 0 aliphatic heterocycles. The van der Waals surface area contributed by atoms with E-state index >= 15 is 0 Å². The predicted molar refractivity (Wildman–Crippen MR) is 63.7 cm³/mol. The van der Waals surface area contributed by atoms with Crippen molar-refractivity contribution in [1.82, 2.24) is 4.98 Å². The molecule has 17 heavy (non-hydrogen) atoms. The Morgan fingerprint density at radius 2 is 1.94 bits per heavy atom. The maximum Gasteiger partial charge on any atom is 0.168 e. The Labute approximate surface area is 103 Å². The van der Waals surface area contributed by atoms with Crippen molar-refractivity contribution in [3.05, 3.63) is 64.7 Å². The molecule has 0 amide bonds. The number of carbonyl (C=O) groups is 1. The van der Waals surface area contributed by atoms with E-state index in [0.29, 0.717) is 0 Å². The highest BCUT2D eigenvalue weighted by Crippen LogP contribution is 2.19. The lowest BCUT2D eigenvalue weighted by Gasteiger charge is -2.03. The molecule has 86 valence electrons. The summed E-state index contributed by atoms with van der Waals surface area (Å²) < 4.78 is 13.0. The lowest BCUT2D eigenvalue weighted by molar-refractivity contribution is 0.0992. The highest BCUT2D eigenvalue weighted by atomic mass is 35.5. The number of pyridine rings is 1. The Bertz CT molecular complexity index is 542. The molecule has 2 nitrogen and oxygen atoms in total. The van der Waals surface area contributed by atoms with E-state index in [0.717, 1.165) is 11.6 Å². The number of halogens is 2. The zero-order valence-electron chi connectivity index (χ0n) is 8.86. The number of hydrogen-bond donors (Lipinski definition) is 0. The molecule has 0 atom stereocenters. The minimum Gasteiger partial charge on any atom is -0.294 e. The summed E-state index contributed by atoms with van der Waals surface area (Å²) >= 11 is 5.86. The Morgan fingerprint density at radius 1 is 1.24 bits per heavy atom. The largest absolute Gasteiger partial charge is 0.294 e. The van der Waals surface area contributed by atoms with Crippen molar-refractivity contribution in [2.24, 2.45) is 0 Å². The Balaban J connectivity index is 2.23. The highest BCUT2D eigenvalue weighted by Gasteiger charge is 2.12. The van der Waals surface area contributed by atoms with Gasteiger partial charge in [-0.05, 0) is 35.9 Å². The molecular weight excluding hydrogens is 241 g/mol. The Morgan fingerprint density at radius 3 is 2.65 bits per heavy atom. The van der Waals surface area contributed by atoms with E-state index in [-0.39, 0.29) is 22.8 Å². The number of benzene rings is 1. The first-order chi connectivity index (χ1) is 8.16. The SMILES string of the molecule is O=C(Cc1ccncc1)c1cc(F)ccc1Cl. The molecule has 0 bridgehead atoms. The van der Waals surface area contributed by atoms with Crippen LogP contribution in [-0.2, 0) is 6.42 Å². The summed E-state index contributed by atoms with van der Waals surface area (Å²) in [5.74, 6) is -0.673. The first-order valence-electron chi connectivity index (χ1n) is 5.04. The van der Waals surface area contributed by atoms with Crippen LogP contribution in [0.15, 0.2) is 42.7 Å². The number of rotatable bonds is 3. The molecule has 0 fully saturated rings. The van der Waals surface area contributed by atoms with Crippen molar-refractivity contribution in [1.29, 1.82) is 0 Å². The molecule has 1 heterocycles. The summed E-state index contributed by atoms with van der Waals surface area (Å²) in [5.41, 5.74) is 1.04. The van der Waals surface area contributed by atoms with Gasteiger partial charge in [-0.2, -0.15) is 0 Å². The molecule has 0 aliphatic rings. The molecule has 0 radical (unpaired) electrons. The fourth-order valence-electron chi connectivity index (χ4n) is 1.49. The number of aromatic nitrogens is 1. The molecule has 0 N–H and O–H groups in total. The van der Waals surface area contributed by atoms with Crippen molar-refractivity contribution < 1.29 is 9.18 Å². The normalized spacial score (nSPS) is 10.2. The van der Waals surface area contributed by atoms with Crippen LogP contribution in [0.1, 0.15) is 15.9 Å². The zero-order chi connectivity index (χ0) is 12.3. The Kier molecular flexibility index (Phi) is 3.49. The van der Waals surface area contributed by atoms with Gasteiger partial charge in [-0.1, -0.05) is 11.6 Å². The fraction of sp³-hybridized carbons (Fsp3) is 0.0769. The third kappa shape index (κ3) is 2.88. The fourth-order valence-corrected chi connectivity index (χ4v) is 1.72. The molecule has 1 aromatic heterocycles. The standard InChI is InChI=1S/C13H9ClFNO/c14-12-2-1-10(15)8-11(12)13(17)7-9-3-5-16-6-4-9/h1-6,8H,7H2. The van der Waals surface area contributed by atoms with E-state index < -0.39 is 5.82 Å². The van der Waals surface area contributed by atoms with Crippen LogP contribution in [0.2, 0.25) is 5.02 Å². The molecule has 4 heteroatoms. The lowest BCUT2D eigenvalue weighted by Crippen LogP contribution is -2.04. The Hall–Kier alpha value is -1.74. The maximum atomic E-state index is 13.0. The average molecular weight is 250 g/mol. The monoisotopic (exact) mass is 249 g/mol. The van der Waals surface area contributed by atoms with Gasteiger partial charge in [0, 0.05) is 24.4 Å². The van der Waals surface area contributed by atoms with Gasteiger partial charge in [0.2, 0.25) is 0 Å². The number of ketones is 1. The van der Waals surface area contributed by atoms with E-state index in [1.807, 2.05) is 0 Å². The molecule has 0 saturated heterocycles. The smallest absolute Gasteiger partial charge is 0.168 e. The van der Waals surface area contributed by atoms with Gasteiger partial charge in [0.15, 0.2) is 5.78 Å². The quantitative estimate of drug-likeness (QED) is 0.782. The summed E-state index contributed by atoms with van der Waals surface area (Å²) in [5, 5.41) is 0.269. The van der Waals surface area contributed by atoms with Crippen LogP contribution >= 0.6 is 11.6 Å². The van der Waals surface area contributed by atoms with Gasteiger partial charge < -0.3 is 0 Å². The van der Waals surface area contributed by atoms with E-state index in [1.54, 1.807) is 24.5 Å². The van der Waals surface area contributed by atoms with E-state index in [9.17, 15) is 9.18 Å². The predicted octanol–water partition coefficient (Wildman–Crippen LogP) is 3.30. The van der Waals surface area contributed by atoms with Gasteiger partial charge >= 0.3 is 0 Å². The lowest BCUT2D eigenvalue weighted by atomic mass is 10.0. The van der Waals surface area contributed by atoms with Crippen LogP contribution in [0.3, 0.4) is 0 Å². The van der Waals surface area contributed by atoms with Gasteiger partial charge in [-0.25, -0.2) is 4.39 Å². The third-order valence-electron chi connectivity index (χ3n) is 2.34. The van der Waals surface area contributed by atoms with Crippen molar-refractivity contribution in [3.8, 4) is 0 Å². The van der Waals surface area contributed by atoms with E-state index in [2.05, 4.69) is 4.98 Å². The van der Waals surface area contributed by atoms with Gasteiger partial charge in [0.05, 0.1) is 5.02 Å². The number of hydrogen-bond acceptors (Lipinski definition) is 2. The molecule has 1 aromatic carbocycles. The second kappa shape index (κ2) is 5.06. The second-order valence-electron chi connectivity index (χ2n) is 3.58. The van der Waals surface area contributed by atoms with Gasteiger partial charge in [0.1, 0.15) is 5.82 Å². The number of nitrogens with zero attached hydrogens (tertiary/aromatic N) is 1. The van der Waals surface area contributed by atoms with Crippen molar-refractivity contribution >= 4 is 17.4 Å². The molecule has 0 aliphatic carbocycles. The summed E-state index contributed by atoms with van der Waals surface area (Å²) in [6, 6.07) is 7.25. The summed E-state index contributed by atoms with van der Waals surface area (Å²) in [7, 11) is 0. The van der Waals surface area contributed by atoms with Crippen LogP contribution in [0.5, 0.6) is 0 Å². The first kappa shape index (κ1) is 11.7. The summed E-state index contributed by atoms with van der Waals surface area (Å²) in [6.07, 6.45) is 3.40. The second-order valence-corrected chi connectivity index (χ2v) is 3.99. The van der Waals surface area contributed by atoms with Gasteiger partial charge in [-0.15, -0.1) is 0 Å². The van der Waals surface area contributed by atoms with Crippen LogP contribution in [0.25, 0.3) is 0 Å². The molecule has 0 saturated carbocycles. The summed E-state index contributed by atoms with van der Waals surface area (Å²) in [4.78, 5) is 15.8. The highest BCUT2D eigenvalue weighted by molar-refractivity contribution is 6.34. The zero-order valence-corrected chi connectivity index (χ0v) is 9.62. The minimum atomic E-state index is -0.465. The molecular formula is C13H9ClFNO. The van der Waals surface area contributed by atoms with E-state index in [4.69, 9.17) is 11.6 Å². The topological polar surface area (TPSA) is 30.0 Å². The van der Waals surface area contributed by atoms with Gasteiger partial charge in [0.25, 0.3) is 0 Å². The molecule has 2 aromatic rings. The van der Waals surface area contributed by atoms with Crippen LogP contribution in [0, 0.1) is 5.82 Å². The van der Waals surface area contributed by atoms with Crippen molar-refractivity contribution in [3.63, 3.8) is 0 Å². The molecule has 2 rings (SSSR count). The van der Waals surface area contributed by atoms with Crippen LogP contribution < -0.4 is 0 Å². The molecule has 0 unspecified atom stereocenters. The summed E-state index contributed by atoms with van der Waals surface area (Å²) in [6.45, 7) is 0. The number of Topliss-reactive ketones (excluding diaryl/α,β-unsaturated/α-hetero) is 1. The first-order valence-corrected chi connectivity index (χ1v) is 5.42. The number of carbonyl (C=O) groups excluding carboxylic acids is 1. The van der Waals surface area contributed by atoms with Crippen LogP contribution in [0.4, 0.5) is 4.39 Å². The van der Waals surface area contributed by atoms with Crippen LogP contribution in [-0.4, -0.2) is 10.8 Å². The maximum absolute atomic E-state index is 13.0. The minimum absolute atomic E-state index is 0.186.